The topological polar surface area (TPSA) is 62.7 Å². The largest absolute Gasteiger partial charge is 0.465 e. The standard InChI is InChI=1S/C18H29N3O2/c1-14(2)6-5-12-20-18(19-3)21-13-11-15-7-9-16(10-8-15)17(22)23-4/h7-10,14H,5-6,11-13H2,1-4H3,(H2,19,20,21). The predicted molar refractivity (Wildman–Crippen MR) is 94.9 cm³/mol. The Morgan fingerprint density at radius 2 is 1.83 bits per heavy atom. The van der Waals surface area contributed by atoms with Gasteiger partial charge in [0.2, 0.25) is 0 Å². The molecule has 5 heteroatoms. The fraction of sp³-hybridized carbons (Fsp3) is 0.556. The van der Waals surface area contributed by atoms with E-state index in [1.165, 1.54) is 19.1 Å². The highest BCUT2D eigenvalue weighted by atomic mass is 16.5. The van der Waals surface area contributed by atoms with Gasteiger partial charge in [0.25, 0.3) is 0 Å². The monoisotopic (exact) mass is 319 g/mol. The van der Waals surface area contributed by atoms with Crippen LogP contribution in [-0.2, 0) is 11.2 Å². The number of methoxy groups -OCH3 is 1. The van der Waals surface area contributed by atoms with E-state index in [9.17, 15) is 4.79 Å². The van der Waals surface area contributed by atoms with Crippen LogP contribution in [0.2, 0.25) is 0 Å². The highest BCUT2D eigenvalue weighted by Gasteiger charge is 2.04. The van der Waals surface area contributed by atoms with Crippen LogP contribution < -0.4 is 10.6 Å². The zero-order valence-electron chi connectivity index (χ0n) is 14.7. The molecule has 0 saturated heterocycles. The van der Waals surface area contributed by atoms with Gasteiger partial charge in [-0.05, 0) is 42.9 Å². The summed E-state index contributed by atoms with van der Waals surface area (Å²) in [5.74, 6) is 1.26. The van der Waals surface area contributed by atoms with Crippen LogP contribution in [-0.4, -0.2) is 39.2 Å². The molecule has 0 aliphatic heterocycles. The van der Waals surface area contributed by atoms with Gasteiger partial charge in [0.05, 0.1) is 12.7 Å². The van der Waals surface area contributed by atoms with E-state index in [0.717, 1.165) is 37.8 Å². The molecule has 0 aliphatic rings. The Morgan fingerprint density at radius 1 is 1.17 bits per heavy atom. The van der Waals surface area contributed by atoms with Crippen LogP contribution in [0.3, 0.4) is 0 Å². The third-order valence-corrected chi connectivity index (χ3v) is 3.56. The number of esters is 1. The van der Waals surface area contributed by atoms with Crippen LogP contribution in [0.4, 0.5) is 0 Å². The third kappa shape index (κ3) is 7.68. The van der Waals surface area contributed by atoms with Crippen LogP contribution in [0.5, 0.6) is 0 Å². The van der Waals surface area contributed by atoms with Crippen molar-refractivity contribution in [1.82, 2.24) is 10.6 Å². The van der Waals surface area contributed by atoms with E-state index in [4.69, 9.17) is 0 Å². The minimum Gasteiger partial charge on any atom is -0.465 e. The summed E-state index contributed by atoms with van der Waals surface area (Å²) >= 11 is 0. The summed E-state index contributed by atoms with van der Waals surface area (Å²) in [7, 11) is 3.17. The number of carbonyl (C=O) groups is 1. The zero-order valence-corrected chi connectivity index (χ0v) is 14.7. The molecule has 0 amide bonds. The number of guanidine groups is 1. The van der Waals surface area contributed by atoms with Gasteiger partial charge in [-0.1, -0.05) is 26.0 Å². The van der Waals surface area contributed by atoms with Gasteiger partial charge >= 0.3 is 5.97 Å². The summed E-state index contributed by atoms with van der Waals surface area (Å²) in [5, 5.41) is 6.62. The fourth-order valence-corrected chi connectivity index (χ4v) is 2.19. The lowest BCUT2D eigenvalue weighted by atomic mass is 10.1. The summed E-state index contributed by atoms with van der Waals surface area (Å²) in [6.45, 7) is 6.20. The molecule has 0 heterocycles. The summed E-state index contributed by atoms with van der Waals surface area (Å²) in [6.07, 6.45) is 3.23. The number of benzene rings is 1. The van der Waals surface area contributed by atoms with Gasteiger partial charge in [0.15, 0.2) is 5.96 Å². The fourth-order valence-electron chi connectivity index (χ4n) is 2.19. The number of nitrogens with one attached hydrogen (secondary N) is 2. The minimum atomic E-state index is -0.305. The maximum atomic E-state index is 11.4. The first kappa shape index (κ1) is 19.0. The van der Waals surface area contributed by atoms with Gasteiger partial charge in [-0.2, -0.15) is 0 Å². The van der Waals surface area contributed by atoms with E-state index in [2.05, 4.69) is 34.2 Å². The molecule has 5 nitrogen and oxygen atoms in total. The van der Waals surface area contributed by atoms with Gasteiger partial charge in [-0.3, -0.25) is 4.99 Å². The highest BCUT2D eigenvalue weighted by Crippen LogP contribution is 2.06. The van der Waals surface area contributed by atoms with Gasteiger partial charge in [-0.15, -0.1) is 0 Å². The lowest BCUT2D eigenvalue weighted by Gasteiger charge is -2.12. The van der Waals surface area contributed by atoms with Gasteiger partial charge in [0.1, 0.15) is 0 Å². The Hall–Kier alpha value is -2.04. The van der Waals surface area contributed by atoms with Gasteiger partial charge < -0.3 is 15.4 Å². The number of rotatable bonds is 8. The van der Waals surface area contributed by atoms with Crippen molar-refractivity contribution >= 4 is 11.9 Å². The third-order valence-electron chi connectivity index (χ3n) is 3.56. The molecule has 2 N–H and O–H groups in total. The summed E-state index contributed by atoms with van der Waals surface area (Å²) in [5.41, 5.74) is 1.74. The molecule has 0 fully saturated rings. The van der Waals surface area contributed by atoms with Crippen molar-refractivity contribution in [3.63, 3.8) is 0 Å². The van der Waals surface area contributed by atoms with E-state index >= 15 is 0 Å². The first-order valence-corrected chi connectivity index (χ1v) is 8.18. The van der Waals surface area contributed by atoms with E-state index in [1.54, 1.807) is 19.2 Å². The van der Waals surface area contributed by atoms with Crippen LogP contribution in [0, 0.1) is 5.92 Å². The van der Waals surface area contributed by atoms with Crippen molar-refractivity contribution in [2.24, 2.45) is 10.9 Å². The van der Waals surface area contributed by atoms with Crippen molar-refractivity contribution in [2.75, 3.05) is 27.2 Å². The molecule has 1 rings (SSSR count). The van der Waals surface area contributed by atoms with E-state index in [0.29, 0.717) is 5.56 Å². The number of carbonyl (C=O) groups excluding carboxylic acids is 1. The van der Waals surface area contributed by atoms with E-state index < -0.39 is 0 Å². The SMILES string of the molecule is CN=C(NCCCC(C)C)NCCc1ccc(C(=O)OC)cc1. The lowest BCUT2D eigenvalue weighted by molar-refractivity contribution is 0.0600. The molecule has 0 spiro atoms. The summed E-state index contributed by atoms with van der Waals surface area (Å²) in [4.78, 5) is 15.6. The van der Waals surface area contributed by atoms with Crippen molar-refractivity contribution in [1.29, 1.82) is 0 Å². The summed E-state index contributed by atoms with van der Waals surface area (Å²) < 4.78 is 4.69. The maximum absolute atomic E-state index is 11.4. The van der Waals surface area contributed by atoms with Crippen molar-refractivity contribution in [3.05, 3.63) is 35.4 Å². The first-order chi connectivity index (χ1) is 11.1. The maximum Gasteiger partial charge on any atom is 0.337 e. The Labute approximate surface area is 139 Å². The normalized spacial score (nSPS) is 11.4. The minimum absolute atomic E-state index is 0.305. The second kappa shape index (κ2) is 10.6. The van der Waals surface area contributed by atoms with Gasteiger partial charge in [0, 0.05) is 20.1 Å². The highest BCUT2D eigenvalue weighted by molar-refractivity contribution is 5.89. The molecule has 0 radical (unpaired) electrons. The van der Waals surface area contributed by atoms with Crippen molar-refractivity contribution in [2.45, 2.75) is 33.1 Å². The average molecular weight is 319 g/mol. The number of hydrogen-bond donors (Lipinski definition) is 2. The first-order valence-electron chi connectivity index (χ1n) is 8.18. The molecular weight excluding hydrogens is 290 g/mol. The molecule has 0 unspecified atom stereocenters. The molecule has 0 aliphatic carbocycles. The molecule has 0 atom stereocenters. The molecule has 23 heavy (non-hydrogen) atoms. The average Bonchev–Trinajstić information content (AvgIpc) is 2.56. The van der Waals surface area contributed by atoms with Crippen LogP contribution in [0.25, 0.3) is 0 Å². The quantitative estimate of drug-likeness (QED) is 0.335. The molecule has 0 aromatic heterocycles. The summed E-state index contributed by atoms with van der Waals surface area (Å²) in [6, 6.07) is 7.49. The van der Waals surface area contributed by atoms with Crippen LogP contribution in [0.1, 0.15) is 42.6 Å². The molecule has 128 valence electrons. The second-order valence-electron chi connectivity index (χ2n) is 5.90. The number of nitrogens with zero attached hydrogens (tertiary/aromatic N) is 1. The Morgan fingerprint density at radius 3 is 2.39 bits per heavy atom. The molecular formula is C18H29N3O2. The molecule has 1 aromatic carbocycles. The molecule has 0 bridgehead atoms. The van der Waals surface area contributed by atoms with Crippen molar-refractivity contribution < 1.29 is 9.53 Å². The molecule has 0 saturated carbocycles. The number of hydrogen-bond acceptors (Lipinski definition) is 3. The van der Waals surface area contributed by atoms with Gasteiger partial charge in [-0.25, -0.2) is 4.79 Å². The molecule has 1 aromatic rings. The zero-order chi connectivity index (χ0) is 17.1. The number of aliphatic imine (C=N–C) groups is 1. The second-order valence-corrected chi connectivity index (χ2v) is 5.90. The smallest absolute Gasteiger partial charge is 0.337 e. The Kier molecular flexibility index (Phi) is 8.80. The van der Waals surface area contributed by atoms with E-state index in [-0.39, 0.29) is 5.97 Å². The van der Waals surface area contributed by atoms with Crippen molar-refractivity contribution in [3.8, 4) is 0 Å². The van der Waals surface area contributed by atoms with Crippen LogP contribution >= 0.6 is 0 Å². The number of ether oxygens (including phenoxy) is 1. The Bertz CT molecular complexity index is 495. The van der Waals surface area contributed by atoms with E-state index in [1.807, 2.05) is 12.1 Å². The van der Waals surface area contributed by atoms with Crippen LogP contribution in [0.15, 0.2) is 29.3 Å². The Balaban J connectivity index is 2.30. The lowest BCUT2D eigenvalue weighted by Crippen LogP contribution is -2.38. The predicted octanol–water partition coefficient (Wildman–Crippen LogP) is 2.62.